The van der Waals surface area contributed by atoms with E-state index in [1.807, 2.05) is 78.9 Å². The van der Waals surface area contributed by atoms with Gasteiger partial charge in [0.05, 0.1) is 22.8 Å². The number of rotatable bonds is 8. The summed E-state index contributed by atoms with van der Waals surface area (Å²) in [7, 11) is 0. The minimum Gasteiger partial charge on any atom is -0.478 e. The number of halogens is 1. The van der Waals surface area contributed by atoms with Gasteiger partial charge in [-0.3, -0.25) is 4.79 Å². The number of pyridine rings is 1. The van der Waals surface area contributed by atoms with Crippen LogP contribution in [0.25, 0.3) is 23.1 Å². The molecule has 0 saturated carbocycles. The highest BCUT2D eigenvalue weighted by atomic mass is 35.5. The third kappa shape index (κ3) is 6.34. The third-order valence-corrected chi connectivity index (χ3v) is 6.00. The Morgan fingerprint density at radius 1 is 1.00 bits per heavy atom. The number of carbonyl (C=O) groups excluding carboxylic acids is 1. The van der Waals surface area contributed by atoms with E-state index in [4.69, 9.17) is 11.6 Å². The second-order valence-electron chi connectivity index (χ2n) is 8.33. The van der Waals surface area contributed by atoms with Crippen LogP contribution in [0.2, 0.25) is 5.02 Å². The van der Waals surface area contributed by atoms with Gasteiger partial charge in [-0.15, -0.1) is 0 Å². The van der Waals surface area contributed by atoms with Crippen LogP contribution in [0.4, 0.5) is 0 Å². The molecule has 4 rings (SSSR count). The molecule has 0 aliphatic carbocycles. The molecule has 1 heterocycles. The lowest BCUT2D eigenvalue weighted by Gasteiger charge is -2.19. The number of fused-ring (bicyclic) bond motifs is 1. The number of hydrogen-bond acceptors (Lipinski definition) is 3. The minimum atomic E-state index is -0.951. The number of benzene rings is 3. The maximum absolute atomic E-state index is 11.9. The maximum atomic E-state index is 11.9. The molecule has 0 radical (unpaired) electrons. The highest BCUT2D eigenvalue weighted by Crippen LogP contribution is 2.23. The minimum absolute atomic E-state index is 0.138. The summed E-state index contributed by atoms with van der Waals surface area (Å²) in [5.41, 5.74) is 4.60. The Labute approximate surface area is 209 Å². The molecule has 0 aliphatic heterocycles. The zero-order valence-corrected chi connectivity index (χ0v) is 20.0. The highest BCUT2D eigenvalue weighted by molar-refractivity contribution is 6.31. The van der Waals surface area contributed by atoms with Crippen LogP contribution < -0.4 is 5.32 Å². The van der Waals surface area contributed by atoms with Crippen LogP contribution in [0.1, 0.15) is 52.1 Å². The quantitative estimate of drug-likeness (QED) is 0.296. The van der Waals surface area contributed by atoms with Crippen molar-refractivity contribution in [2.75, 3.05) is 0 Å². The molecule has 35 heavy (non-hydrogen) atoms. The van der Waals surface area contributed by atoms with Crippen LogP contribution in [0.15, 0.2) is 78.9 Å². The molecule has 5 nitrogen and oxygen atoms in total. The van der Waals surface area contributed by atoms with Crippen LogP contribution in [0.5, 0.6) is 0 Å². The first-order chi connectivity index (χ1) is 16.9. The van der Waals surface area contributed by atoms with E-state index in [2.05, 4.69) is 10.3 Å². The Kier molecular flexibility index (Phi) is 7.58. The highest BCUT2D eigenvalue weighted by Gasteiger charge is 2.16. The fraction of sp³-hybridized carbons (Fsp3) is 0.138. The van der Waals surface area contributed by atoms with Crippen LogP contribution in [-0.4, -0.2) is 22.0 Å². The molecule has 1 atom stereocenters. The molecular weight excluding hydrogens is 460 g/mol. The number of nitrogens with zero attached hydrogens (tertiary/aromatic N) is 1. The number of hydrogen-bond donors (Lipinski definition) is 2. The second kappa shape index (κ2) is 11.0. The van der Waals surface area contributed by atoms with Gasteiger partial charge in [-0.1, -0.05) is 66.2 Å². The normalized spacial score (nSPS) is 12.1. The van der Waals surface area contributed by atoms with Crippen LogP contribution >= 0.6 is 11.6 Å². The van der Waals surface area contributed by atoms with Crippen LogP contribution in [-0.2, 0) is 11.2 Å². The molecule has 1 amide bonds. The van der Waals surface area contributed by atoms with E-state index in [-0.39, 0.29) is 17.5 Å². The van der Waals surface area contributed by atoms with Crippen molar-refractivity contribution in [1.29, 1.82) is 0 Å². The average molecular weight is 485 g/mol. The van der Waals surface area contributed by atoms with E-state index in [0.717, 1.165) is 33.3 Å². The Bertz CT molecular complexity index is 1410. The summed E-state index contributed by atoms with van der Waals surface area (Å²) in [6.45, 7) is 1.49. The van der Waals surface area contributed by atoms with E-state index < -0.39 is 5.97 Å². The standard InChI is InChI=1S/C29H25ClN2O3/c1-19(33)31-27(16-12-21-6-2-3-8-26(21)29(34)35)23-7-4-5-20(17-23)9-14-25-15-11-22-10-13-24(30)18-28(22)32-25/h2-11,13-15,17-18,27H,12,16H2,1H3,(H,31,33)(H,34,35)/b14-9+. The van der Waals surface area contributed by atoms with Crippen molar-refractivity contribution in [3.63, 3.8) is 0 Å². The summed E-state index contributed by atoms with van der Waals surface area (Å²) >= 11 is 6.10. The third-order valence-electron chi connectivity index (χ3n) is 5.76. The van der Waals surface area contributed by atoms with Crippen LogP contribution in [0, 0.1) is 0 Å². The fourth-order valence-electron chi connectivity index (χ4n) is 4.07. The van der Waals surface area contributed by atoms with E-state index >= 15 is 0 Å². The molecular formula is C29H25ClN2O3. The predicted octanol–water partition coefficient (Wildman–Crippen LogP) is 6.57. The molecule has 0 aliphatic rings. The molecule has 1 aromatic heterocycles. The fourth-order valence-corrected chi connectivity index (χ4v) is 4.24. The van der Waals surface area contributed by atoms with Crippen molar-refractivity contribution >= 4 is 46.5 Å². The van der Waals surface area contributed by atoms with E-state index in [9.17, 15) is 14.7 Å². The van der Waals surface area contributed by atoms with E-state index in [0.29, 0.717) is 17.9 Å². The Morgan fingerprint density at radius 2 is 1.80 bits per heavy atom. The zero-order chi connectivity index (χ0) is 24.8. The summed E-state index contributed by atoms with van der Waals surface area (Å²) in [4.78, 5) is 28.1. The second-order valence-corrected chi connectivity index (χ2v) is 8.77. The lowest BCUT2D eigenvalue weighted by molar-refractivity contribution is -0.119. The number of aromatic nitrogens is 1. The van der Waals surface area contributed by atoms with Gasteiger partial charge in [0.1, 0.15) is 0 Å². The lowest BCUT2D eigenvalue weighted by Crippen LogP contribution is -2.26. The summed E-state index contributed by atoms with van der Waals surface area (Å²) in [5, 5.41) is 14.1. The molecule has 6 heteroatoms. The molecule has 2 N–H and O–H groups in total. The number of nitrogens with one attached hydrogen (secondary N) is 1. The summed E-state index contributed by atoms with van der Waals surface area (Å²) in [5.74, 6) is -1.09. The monoisotopic (exact) mass is 484 g/mol. The smallest absolute Gasteiger partial charge is 0.335 e. The SMILES string of the molecule is CC(=O)NC(CCc1ccccc1C(=O)O)c1cccc(/C=C/c2ccc3ccc(Cl)cc3n2)c1. The van der Waals surface area contributed by atoms with Gasteiger partial charge in [0.2, 0.25) is 5.91 Å². The first-order valence-corrected chi connectivity index (χ1v) is 11.7. The largest absolute Gasteiger partial charge is 0.478 e. The predicted molar refractivity (Wildman–Crippen MR) is 140 cm³/mol. The molecule has 0 spiro atoms. The first-order valence-electron chi connectivity index (χ1n) is 11.3. The maximum Gasteiger partial charge on any atom is 0.335 e. The molecule has 176 valence electrons. The molecule has 3 aromatic carbocycles. The van der Waals surface area contributed by atoms with Gasteiger partial charge in [-0.2, -0.15) is 0 Å². The number of carboxylic acid groups (broad SMARTS) is 1. The Morgan fingerprint density at radius 3 is 2.60 bits per heavy atom. The van der Waals surface area contributed by atoms with Crippen molar-refractivity contribution in [2.24, 2.45) is 0 Å². The molecule has 1 unspecified atom stereocenters. The number of carbonyl (C=O) groups is 2. The molecule has 0 saturated heterocycles. The van der Waals surface area contributed by atoms with Gasteiger partial charge in [-0.05, 0) is 65.9 Å². The zero-order valence-electron chi connectivity index (χ0n) is 19.2. The summed E-state index contributed by atoms with van der Waals surface area (Å²) in [6, 6.07) is 24.2. The molecule has 0 bridgehead atoms. The van der Waals surface area contributed by atoms with Crippen molar-refractivity contribution in [2.45, 2.75) is 25.8 Å². The number of amides is 1. The Hall–Kier alpha value is -3.96. The van der Waals surface area contributed by atoms with Crippen LogP contribution in [0.3, 0.4) is 0 Å². The first kappa shape index (κ1) is 24.2. The molecule has 0 fully saturated rings. The number of aromatic carboxylic acids is 1. The van der Waals surface area contributed by atoms with Crippen molar-refractivity contribution in [3.8, 4) is 0 Å². The lowest BCUT2D eigenvalue weighted by atomic mass is 9.95. The van der Waals surface area contributed by atoms with Gasteiger partial charge in [0, 0.05) is 17.3 Å². The summed E-state index contributed by atoms with van der Waals surface area (Å²) in [6.07, 6.45) is 5.02. The molecule has 4 aromatic rings. The number of carboxylic acids is 1. The van der Waals surface area contributed by atoms with Gasteiger partial charge < -0.3 is 10.4 Å². The van der Waals surface area contributed by atoms with Crippen molar-refractivity contribution < 1.29 is 14.7 Å². The van der Waals surface area contributed by atoms with E-state index in [1.165, 1.54) is 6.92 Å². The average Bonchev–Trinajstić information content (AvgIpc) is 2.85. The van der Waals surface area contributed by atoms with Crippen molar-refractivity contribution in [1.82, 2.24) is 10.3 Å². The van der Waals surface area contributed by atoms with E-state index in [1.54, 1.807) is 12.1 Å². The summed E-state index contributed by atoms with van der Waals surface area (Å²) < 4.78 is 0. The van der Waals surface area contributed by atoms with Gasteiger partial charge in [-0.25, -0.2) is 9.78 Å². The number of aryl methyl sites for hydroxylation is 1. The van der Waals surface area contributed by atoms with Gasteiger partial charge in [0.15, 0.2) is 0 Å². The topological polar surface area (TPSA) is 79.3 Å². The van der Waals surface area contributed by atoms with Gasteiger partial charge >= 0.3 is 5.97 Å². The van der Waals surface area contributed by atoms with Crippen molar-refractivity contribution in [3.05, 3.63) is 112 Å². The van der Waals surface area contributed by atoms with Gasteiger partial charge in [0.25, 0.3) is 0 Å². The Balaban J connectivity index is 1.54.